The number of halogens is 1. The first-order valence-electron chi connectivity index (χ1n) is 15.3. The Kier molecular flexibility index (Phi) is 8.70. The Hall–Kier alpha value is -4.53. The molecule has 2 aromatic carbocycles. The van der Waals surface area contributed by atoms with E-state index in [2.05, 4.69) is 64.3 Å². The second-order valence-electron chi connectivity index (χ2n) is 12.0. The third kappa shape index (κ3) is 6.08. The van der Waals surface area contributed by atoms with E-state index in [-0.39, 0.29) is 25.0 Å². The van der Waals surface area contributed by atoms with Crippen molar-refractivity contribution in [1.82, 2.24) is 19.8 Å². The average molecular weight is 612 g/mol. The maximum Gasteiger partial charge on any atom is 0.318 e. The number of β-amino-alcohol motifs (C(OH)–C–C–N with tert-alkyl or cyclic N) is 1. The van der Waals surface area contributed by atoms with Crippen LogP contribution in [0.4, 0.5) is 15.9 Å². The first-order valence-corrected chi connectivity index (χ1v) is 15.3. The molecule has 10 nitrogen and oxygen atoms in total. The van der Waals surface area contributed by atoms with Gasteiger partial charge in [-0.3, -0.25) is 9.69 Å². The van der Waals surface area contributed by atoms with Crippen LogP contribution < -0.4 is 14.5 Å². The number of hydrogen-bond acceptors (Lipinski definition) is 9. The van der Waals surface area contributed by atoms with Gasteiger partial charge in [-0.25, -0.2) is 4.39 Å². The van der Waals surface area contributed by atoms with Gasteiger partial charge in [-0.15, -0.1) is 0 Å². The maximum absolute atomic E-state index is 13.8. The molecule has 0 aliphatic carbocycles. The molecular weight excluding hydrogens is 573 g/mol. The van der Waals surface area contributed by atoms with Crippen molar-refractivity contribution in [2.45, 2.75) is 44.0 Å². The summed E-state index contributed by atoms with van der Waals surface area (Å²) in [4.78, 5) is 30.2. The lowest BCUT2D eigenvalue weighted by Gasteiger charge is -2.42. The van der Waals surface area contributed by atoms with Crippen LogP contribution in [-0.4, -0.2) is 95.3 Å². The minimum Gasteiger partial charge on any atom is -0.462 e. The maximum atomic E-state index is 13.8. The average Bonchev–Trinajstić information content (AvgIpc) is 3.38. The summed E-state index contributed by atoms with van der Waals surface area (Å²) in [6, 6.07) is 14.4. The van der Waals surface area contributed by atoms with E-state index in [1.807, 2.05) is 19.2 Å². The number of hydrogen-bond donors (Lipinski definition) is 1. The third-order valence-electron chi connectivity index (χ3n) is 9.17. The monoisotopic (exact) mass is 611 g/mol. The van der Waals surface area contributed by atoms with E-state index in [9.17, 15) is 19.6 Å². The molecule has 1 amide bonds. The Bertz CT molecular complexity index is 1670. The molecule has 3 aliphatic heterocycles. The predicted octanol–water partition coefficient (Wildman–Crippen LogP) is 3.69. The predicted molar refractivity (Wildman–Crippen MR) is 172 cm³/mol. The molecule has 0 spiro atoms. The van der Waals surface area contributed by atoms with Crippen molar-refractivity contribution in [3.8, 4) is 12.1 Å². The van der Waals surface area contributed by atoms with Crippen LogP contribution in [0, 0.1) is 11.3 Å². The molecule has 45 heavy (non-hydrogen) atoms. The van der Waals surface area contributed by atoms with Gasteiger partial charge in [0, 0.05) is 55.4 Å². The molecule has 2 saturated heterocycles. The number of nitriles is 1. The number of likely N-dealkylation sites (N-methyl/N-ethyl adjacent to an activating group) is 1. The fraction of sp³-hybridized carbons (Fsp3) is 0.412. The summed E-state index contributed by atoms with van der Waals surface area (Å²) in [5, 5.41) is 21.9. The number of likely N-dealkylation sites (tertiary alicyclic amines) is 1. The number of anilines is 2. The topological polar surface area (TPSA) is 109 Å². The number of ether oxygens (including phenoxy) is 1. The standard InChI is InChI=1S/C34H38FN7O3/c1-4-23-7-5-8-24-9-6-10-30(31(23)24)40-14-12-28-29(20-40)37-34(45-21-26-17-27(43)19-39(26)3)38-32(28)41-15-16-42(33(44)22(2)35)25(18-41)11-13-36/h4-10,25-27,43H,1-2,11-12,14-21H2,3H3/t25-,26?,27?/m0/s1. The number of benzene rings is 2. The highest BCUT2D eigenvalue weighted by Gasteiger charge is 2.35. The largest absolute Gasteiger partial charge is 0.462 e. The molecule has 1 aromatic heterocycles. The Morgan fingerprint density at radius 3 is 2.67 bits per heavy atom. The minimum absolute atomic E-state index is 0.0379. The molecule has 1 N–H and O–H groups in total. The highest BCUT2D eigenvalue weighted by molar-refractivity contribution is 6.00. The third-order valence-corrected chi connectivity index (χ3v) is 9.17. The van der Waals surface area contributed by atoms with Crippen LogP contribution in [0.3, 0.4) is 0 Å². The molecule has 4 heterocycles. The number of carbonyl (C=O) groups is 1. The zero-order chi connectivity index (χ0) is 31.7. The van der Waals surface area contributed by atoms with E-state index in [1.54, 1.807) is 0 Å². The molecule has 0 bridgehead atoms. The number of piperazine rings is 1. The molecule has 2 unspecified atom stereocenters. The van der Waals surface area contributed by atoms with E-state index < -0.39 is 23.9 Å². The molecule has 2 fully saturated rings. The number of rotatable bonds is 8. The van der Waals surface area contributed by atoms with Gasteiger partial charge in [0.05, 0.1) is 36.9 Å². The van der Waals surface area contributed by atoms with Gasteiger partial charge in [-0.2, -0.15) is 15.2 Å². The van der Waals surface area contributed by atoms with Crippen LogP contribution in [0.2, 0.25) is 0 Å². The number of amides is 1. The van der Waals surface area contributed by atoms with Crippen LogP contribution in [0.15, 0.2) is 55.4 Å². The summed E-state index contributed by atoms with van der Waals surface area (Å²) in [6.45, 7) is 10.4. The van der Waals surface area contributed by atoms with Gasteiger partial charge in [0.15, 0.2) is 5.83 Å². The molecule has 6 rings (SSSR count). The van der Waals surface area contributed by atoms with Crippen molar-refractivity contribution < 1.29 is 19.0 Å². The van der Waals surface area contributed by atoms with Gasteiger partial charge in [0.25, 0.3) is 5.91 Å². The molecule has 234 valence electrons. The van der Waals surface area contributed by atoms with Crippen LogP contribution in [-0.2, 0) is 17.8 Å². The van der Waals surface area contributed by atoms with Gasteiger partial charge < -0.3 is 24.5 Å². The lowest BCUT2D eigenvalue weighted by atomic mass is 9.99. The molecule has 3 aromatic rings. The summed E-state index contributed by atoms with van der Waals surface area (Å²) in [6.07, 6.45) is 2.84. The van der Waals surface area contributed by atoms with E-state index in [0.717, 1.165) is 39.8 Å². The highest BCUT2D eigenvalue weighted by Crippen LogP contribution is 2.36. The number of nitrogens with zero attached hydrogens (tertiary/aromatic N) is 7. The van der Waals surface area contributed by atoms with Crippen LogP contribution >= 0.6 is 0 Å². The zero-order valence-corrected chi connectivity index (χ0v) is 25.5. The summed E-state index contributed by atoms with van der Waals surface area (Å²) >= 11 is 0. The molecule has 11 heteroatoms. The SMILES string of the molecule is C=Cc1cccc2cccc(N3CCc4c(nc(OCC5CC(O)CN5C)nc4N4CCN(C(=O)C(=C)F)[C@@H](CC#N)C4)C3)c12. The summed E-state index contributed by atoms with van der Waals surface area (Å²) in [7, 11) is 1.96. The molecular formula is C34H38FN7O3. The molecule has 3 aliphatic rings. The Labute approximate surface area is 262 Å². The Morgan fingerprint density at radius 1 is 1.16 bits per heavy atom. The van der Waals surface area contributed by atoms with E-state index in [1.165, 1.54) is 4.90 Å². The normalized spacial score (nSPS) is 21.8. The molecule has 0 radical (unpaired) electrons. The number of aromatic nitrogens is 2. The number of aliphatic hydroxyl groups is 1. The van der Waals surface area contributed by atoms with E-state index >= 15 is 0 Å². The van der Waals surface area contributed by atoms with Crippen molar-refractivity contribution in [2.75, 3.05) is 56.2 Å². The van der Waals surface area contributed by atoms with Crippen LogP contribution in [0.1, 0.15) is 29.7 Å². The van der Waals surface area contributed by atoms with Gasteiger partial charge in [0.2, 0.25) is 0 Å². The fourth-order valence-electron chi connectivity index (χ4n) is 6.87. The summed E-state index contributed by atoms with van der Waals surface area (Å²) in [5.41, 5.74) is 4.02. The number of carbonyl (C=O) groups excluding carboxylic acids is 1. The van der Waals surface area contributed by atoms with Gasteiger partial charge in [0.1, 0.15) is 12.4 Å². The van der Waals surface area contributed by atoms with Crippen molar-refractivity contribution in [3.63, 3.8) is 0 Å². The fourth-order valence-corrected chi connectivity index (χ4v) is 6.87. The number of aliphatic hydroxyl groups excluding tert-OH is 1. The van der Waals surface area contributed by atoms with Gasteiger partial charge in [-0.05, 0) is 36.9 Å². The van der Waals surface area contributed by atoms with Crippen molar-refractivity contribution >= 4 is 34.3 Å². The van der Waals surface area contributed by atoms with E-state index in [0.29, 0.717) is 51.4 Å². The second-order valence-corrected chi connectivity index (χ2v) is 12.0. The molecule has 3 atom stereocenters. The molecule has 0 saturated carbocycles. The first kappa shape index (κ1) is 30.5. The number of fused-ring (bicyclic) bond motifs is 2. The lowest BCUT2D eigenvalue weighted by molar-refractivity contribution is -0.131. The first-order chi connectivity index (χ1) is 21.8. The van der Waals surface area contributed by atoms with Crippen molar-refractivity contribution in [3.05, 3.63) is 72.2 Å². The zero-order valence-electron chi connectivity index (χ0n) is 25.5. The Balaban J connectivity index is 1.35. The lowest BCUT2D eigenvalue weighted by Crippen LogP contribution is -2.55. The quantitative estimate of drug-likeness (QED) is 0.382. The summed E-state index contributed by atoms with van der Waals surface area (Å²) in [5.74, 6) is -1.10. The second kappa shape index (κ2) is 12.8. The van der Waals surface area contributed by atoms with Crippen molar-refractivity contribution in [2.24, 2.45) is 0 Å². The highest BCUT2D eigenvalue weighted by atomic mass is 19.1. The smallest absolute Gasteiger partial charge is 0.318 e. The van der Waals surface area contributed by atoms with Gasteiger partial charge in [-0.1, -0.05) is 49.6 Å². The summed E-state index contributed by atoms with van der Waals surface area (Å²) < 4.78 is 20.0. The van der Waals surface area contributed by atoms with Crippen LogP contribution in [0.5, 0.6) is 6.01 Å². The van der Waals surface area contributed by atoms with Crippen LogP contribution in [0.25, 0.3) is 16.8 Å². The van der Waals surface area contributed by atoms with Crippen molar-refractivity contribution in [1.29, 1.82) is 5.26 Å². The minimum atomic E-state index is -1.03. The van der Waals surface area contributed by atoms with Gasteiger partial charge >= 0.3 is 6.01 Å². The Morgan fingerprint density at radius 2 is 1.96 bits per heavy atom. The van der Waals surface area contributed by atoms with E-state index in [4.69, 9.17) is 14.7 Å².